The number of methoxy groups -OCH3 is 1. The zero-order chi connectivity index (χ0) is 19.6. The van der Waals surface area contributed by atoms with Gasteiger partial charge in [0.15, 0.2) is 0 Å². The molecular weight excluding hydrogens is 360 g/mol. The summed E-state index contributed by atoms with van der Waals surface area (Å²) in [6.07, 6.45) is 0.456. The van der Waals surface area contributed by atoms with Crippen molar-refractivity contribution in [1.82, 2.24) is 4.90 Å². The highest BCUT2D eigenvalue weighted by Gasteiger charge is 2.25. The number of amides is 1. The van der Waals surface area contributed by atoms with E-state index in [2.05, 4.69) is 37.9 Å². The first-order chi connectivity index (χ1) is 12.9. The number of nitrogens with zero attached hydrogens (tertiary/aromatic N) is 1. The molecule has 6 heteroatoms. The van der Waals surface area contributed by atoms with Crippen LogP contribution in [-0.2, 0) is 11.3 Å². The maximum atomic E-state index is 12.7. The van der Waals surface area contributed by atoms with Crippen molar-refractivity contribution in [1.29, 1.82) is 0 Å². The molecule has 1 aromatic carbocycles. The van der Waals surface area contributed by atoms with Crippen molar-refractivity contribution in [3.05, 3.63) is 45.8 Å². The normalized spacial score (nSPS) is 20.5. The molecule has 1 saturated heterocycles. The number of thiophene rings is 1. The molecule has 3 rings (SSSR count). The number of carbonyl (C=O) groups is 1. The van der Waals surface area contributed by atoms with E-state index < -0.39 is 0 Å². The minimum atomic E-state index is -0.0936. The van der Waals surface area contributed by atoms with Gasteiger partial charge in [0.1, 0.15) is 10.8 Å². The largest absolute Gasteiger partial charge is 0.497 e. The maximum absolute atomic E-state index is 12.7. The predicted octanol–water partition coefficient (Wildman–Crippen LogP) is 4.24. The minimum Gasteiger partial charge on any atom is -0.497 e. The van der Waals surface area contributed by atoms with E-state index in [1.165, 1.54) is 16.0 Å². The van der Waals surface area contributed by atoms with E-state index in [0.29, 0.717) is 5.56 Å². The summed E-state index contributed by atoms with van der Waals surface area (Å²) in [4.78, 5) is 16.4. The first-order valence-electron chi connectivity index (χ1n) is 9.29. The number of hydrogen-bond acceptors (Lipinski definition) is 5. The quantitative estimate of drug-likeness (QED) is 0.833. The molecule has 1 fully saturated rings. The third-order valence-corrected chi connectivity index (χ3v) is 6.13. The molecule has 2 aromatic rings. The molecular formula is C21H28N2O3S. The lowest BCUT2D eigenvalue weighted by molar-refractivity contribution is -0.0704. The van der Waals surface area contributed by atoms with Crippen LogP contribution in [0.4, 0.5) is 5.00 Å². The Balaban J connectivity index is 1.77. The van der Waals surface area contributed by atoms with Crippen LogP contribution in [0.5, 0.6) is 5.75 Å². The number of rotatable bonds is 5. The summed E-state index contributed by atoms with van der Waals surface area (Å²) >= 11 is 1.65. The van der Waals surface area contributed by atoms with Crippen molar-refractivity contribution in [2.45, 2.75) is 46.4 Å². The molecule has 2 atom stereocenters. The van der Waals surface area contributed by atoms with Crippen LogP contribution < -0.4 is 10.1 Å². The zero-order valence-corrected chi connectivity index (χ0v) is 17.5. The fourth-order valence-electron chi connectivity index (χ4n) is 3.52. The van der Waals surface area contributed by atoms with E-state index in [1.54, 1.807) is 42.7 Å². The molecule has 1 N–H and O–H groups in total. The minimum absolute atomic E-state index is 0.0936. The van der Waals surface area contributed by atoms with Crippen LogP contribution in [0.3, 0.4) is 0 Å². The molecule has 1 aliphatic rings. The summed E-state index contributed by atoms with van der Waals surface area (Å²) in [5, 5.41) is 4.06. The highest BCUT2D eigenvalue weighted by atomic mass is 32.1. The molecule has 146 valence electrons. The molecule has 0 spiro atoms. The number of nitrogens with one attached hydrogen (secondary N) is 1. The smallest absolute Gasteiger partial charge is 0.256 e. The van der Waals surface area contributed by atoms with Crippen LogP contribution in [0.15, 0.2) is 24.3 Å². The van der Waals surface area contributed by atoms with Gasteiger partial charge in [0.25, 0.3) is 5.91 Å². The van der Waals surface area contributed by atoms with Crippen LogP contribution in [0, 0.1) is 13.8 Å². The Kier molecular flexibility index (Phi) is 6.19. The molecule has 2 heterocycles. The van der Waals surface area contributed by atoms with Crippen molar-refractivity contribution >= 4 is 22.2 Å². The van der Waals surface area contributed by atoms with Crippen molar-refractivity contribution in [2.24, 2.45) is 0 Å². The Hall–Kier alpha value is -1.89. The third-order valence-electron chi connectivity index (χ3n) is 4.97. The van der Waals surface area contributed by atoms with E-state index >= 15 is 0 Å². The number of aryl methyl sites for hydroxylation is 1. The van der Waals surface area contributed by atoms with E-state index in [4.69, 9.17) is 9.47 Å². The Morgan fingerprint density at radius 1 is 1.22 bits per heavy atom. The molecule has 1 aliphatic heterocycles. The average molecular weight is 389 g/mol. The lowest BCUT2D eigenvalue weighted by Gasteiger charge is -2.35. The van der Waals surface area contributed by atoms with Gasteiger partial charge in [-0.2, -0.15) is 0 Å². The van der Waals surface area contributed by atoms with E-state index in [0.717, 1.165) is 30.4 Å². The van der Waals surface area contributed by atoms with Gasteiger partial charge >= 0.3 is 0 Å². The first kappa shape index (κ1) is 19.9. The highest BCUT2D eigenvalue weighted by Crippen LogP contribution is 2.34. The van der Waals surface area contributed by atoms with Gasteiger partial charge in [0, 0.05) is 35.6 Å². The topological polar surface area (TPSA) is 50.8 Å². The fourth-order valence-corrected chi connectivity index (χ4v) is 4.59. The predicted molar refractivity (Wildman–Crippen MR) is 110 cm³/mol. The standard InChI is InChI=1S/C21H28N2O3S/c1-13-10-23(11-14(2)26-13)12-19-15(3)16(4)27-21(19)22-20(24)17-6-8-18(25-5)9-7-17/h6-9,13-14H,10-12H2,1-5H3,(H,22,24)/t13-,14+. The Labute approximate surface area is 165 Å². The van der Waals surface area contributed by atoms with Crippen LogP contribution in [-0.4, -0.2) is 43.2 Å². The second-order valence-corrected chi connectivity index (χ2v) is 8.45. The SMILES string of the molecule is COc1ccc(C(=O)Nc2sc(C)c(C)c2CN2C[C@@H](C)O[C@@H](C)C2)cc1. The summed E-state index contributed by atoms with van der Waals surface area (Å²) in [6.45, 7) is 11.1. The summed E-state index contributed by atoms with van der Waals surface area (Å²) in [7, 11) is 1.62. The van der Waals surface area contributed by atoms with E-state index in [1.807, 2.05) is 0 Å². The monoisotopic (exact) mass is 388 g/mol. The van der Waals surface area contributed by atoms with Gasteiger partial charge in [-0.25, -0.2) is 0 Å². The number of hydrogen-bond donors (Lipinski definition) is 1. The Morgan fingerprint density at radius 2 is 1.85 bits per heavy atom. The highest BCUT2D eigenvalue weighted by molar-refractivity contribution is 7.16. The summed E-state index contributed by atoms with van der Waals surface area (Å²) in [6, 6.07) is 7.17. The second kappa shape index (κ2) is 8.42. The van der Waals surface area contributed by atoms with Gasteiger partial charge in [-0.3, -0.25) is 9.69 Å². The molecule has 5 nitrogen and oxygen atoms in total. The van der Waals surface area contributed by atoms with Crippen molar-refractivity contribution in [3.63, 3.8) is 0 Å². The molecule has 0 unspecified atom stereocenters. The summed E-state index contributed by atoms with van der Waals surface area (Å²) in [5.41, 5.74) is 3.09. The fraction of sp³-hybridized carbons (Fsp3) is 0.476. The molecule has 0 aliphatic carbocycles. The van der Waals surface area contributed by atoms with Crippen LogP contribution in [0.1, 0.15) is 40.2 Å². The maximum Gasteiger partial charge on any atom is 0.256 e. The molecule has 1 aromatic heterocycles. The van der Waals surface area contributed by atoms with Crippen LogP contribution in [0.2, 0.25) is 0 Å². The number of anilines is 1. The first-order valence-corrected chi connectivity index (χ1v) is 10.1. The molecule has 0 saturated carbocycles. The van der Waals surface area contributed by atoms with Gasteiger partial charge in [0.2, 0.25) is 0 Å². The molecule has 1 amide bonds. The number of carbonyl (C=O) groups excluding carboxylic acids is 1. The molecule has 0 bridgehead atoms. The second-order valence-electron chi connectivity index (χ2n) is 7.22. The Bertz CT molecular complexity index is 791. The summed E-state index contributed by atoms with van der Waals surface area (Å²) in [5.74, 6) is 0.648. The van der Waals surface area contributed by atoms with Crippen molar-refractivity contribution in [2.75, 3.05) is 25.5 Å². The molecule has 0 radical (unpaired) electrons. The number of morpholine rings is 1. The van der Waals surface area contributed by atoms with Crippen molar-refractivity contribution < 1.29 is 14.3 Å². The summed E-state index contributed by atoms with van der Waals surface area (Å²) < 4.78 is 11.0. The van der Waals surface area contributed by atoms with Crippen LogP contribution in [0.25, 0.3) is 0 Å². The number of benzene rings is 1. The van der Waals surface area contributed by atoms with Gasteiger partial charge in [-0.05, 0) is 57.5 Å². The van der Waals surface area contributed by atoms with Gasteiger partial charge in [0.05, 0.1) is 19.3 Å². The zero-order valence-electron chi connectivity index (χ0n) is 16.7. The molecule has 27 heavy (non-hydrogen) atoms. The van der Waals surface area contributed by atoms with E-state index in [9.17, 15) is 4.79 Å². The third kappa shape index (κ3) is 4.69. The van der Waals surface area contributed by atoms with Crippen molar-refractivity contribution in [3.8, 4) is 5.75 Å². The number of ether oxygens (including phenoxy) is 2. The van der Waals surface area contributed by atoms with Gasteiger partial charge in [-0.15, -0.1) is 11.3 Å². The van der Waals surface area contributed by atoms with Gasteiger partial charge in [-0.1, -0.05) is 0 Å². The Morgan fingerprint density at radius 3 is 2.44 bits per heavy atom. The average Bonchev–Trinajstić information content (AvgIpc) is 2.88. The lowest BCUT2D eigenvalue weighted by Crippen LogP contribution is -2.44. The van der Waals surface area contributed by atoms with E-state index in [-0.39, 0.29) is 18.1 Å². The van der Waals surface area contributed by atoms with Gasteiger partial charge < -0.3 is 14.8 Å². The van der Waals surface area contributed by atoms with Crippen LogP contribution >= 0.6 is 11.3 Å². The lowest BCUT2D eigenvalue weighted by atomic mass is 10.1.